The highest BCUT2D eigenvalue weighted by Crippen LogP contribution is 2.48. The van der Waals surface area contributed by atoms with E-state index in [0.29, 0.717) is 16.6 Å². The van der Waals surface area contributed by atoms with Gasteiger partial charge in [-0.15, -0.1) is 23.1 Å². The number of nitrogens with zero attached hydrogens (tertiary/aromatic N) is 1. The number of amidine groups is 1. The highest BCUT2D eigenvalue weighted by molar-refractivity contribution is 8.01. The smallest absolute Gasteiger partial charge is 0.413 e. The summed E-state index contributed by atoms with van der Waals surface area (Å²) in [5.41, 5.74) is -0.598. The second kappa shape index (κ2) is 8.24. The van der Waals surface area contributed by atoms with Crippen LogP contribution in [0.5, 0.6) is 0 Å². The number of thioether (sulfide) groups is 1. The lowest BCUT2D eigenvalue weighted by atomic mass is 9.87. The molecule has 2 N–H and O–H groups in total. The van der Waals surface area contributed by atoms with E-state index in [9.17, 15) is 14.7 Å². The Labute approximate surface area is 178 Å². The molecule has 0 saturated heterocycles. The first-order valence-electron chi connectivity index (χ1n) is 9.34. The number of halogens is 1. The molecule has 1 amide bonds. The van der Waals surface area contributed by atoms with Gasteiger partial charge in [-0.1, -0.05) is 30.9 Å². The number of amides is 1. The second-order valence-corrected chi connectivity index (χ2v) is 11.0. The van der Waals surface area contributed by atoms with Gasteiger partial charge in [-0.05, 0) is 39.7 Å². The molecule has 0 radical (unpaired) electrons. The zero-order valence-electron chi connectivity index (χ0n) is 16.2. The summed E-state index contributed by atoms with van der Waals surface area (Å²) in [6, 6.07) is 1.18. The Morgan fingerprint density at radius 2 is 2.00 bits per heavy atom. The van der Waals surface area contributed by atoms with E-state index < -0.39 is 17.7 Å². The molecule has 1 unspecified atom stereocenters. The lowest BCUT2D eigenvalue weighted by Crippen LogP contribution is -2.51. The normalized spacial score (nSPS) is 21.9. The van der Waals surface area contributed by atoms with Gasteiger partial charge in [0.05, 0.1) is 15.8 Å². The van der Waals surface area contributed by atoms with E-state index in [-0.39, 0.29) is 15.7 Å². The van der Waals surface area contributed by atoms with Crippen molar-refractivity contribution < 1.29 is 19.4 Å². The predicted molar refractivity (Wildman–Crippen MR) is 114 cm³/mol. The summed E-state index contributed by atoms with van der Waals surface area (Å²) < 4.78 is 5.22. The highest BCUT2D eigenvalue weighted by atomic mass is 35.5. The maximum Gasteiger partial charge on any atom is 0.413 e. The molecule has 2 aliphatic rings. The van der Waals surface area contributed by atoms with Crippen LogP contribution in [0.3, 0.4) is 0 Å². The fourth-order valence-electron chi connectivity index (χ4n) is 3.52. The molecule has 28 heavy (non-hydrogen) atoms. The van der Waals surface area contributed by atoms with Gasteiger partial charge in [-0.3, -0.25) is 10.3 Å². The molecule has 2 heterocycles. The molecular weight excluding hydrogens is 420 g/mol. The van der Waals surface area contributed by atoms with Gasteiger partial charge < -0.3 is 9.84 Å². The molecule has 1 aromatic heterocycles. The molecule has 1 fully saturated rings. The monoisotopic (exact) mass is 444 g/mol. The Balaban J connectivity index is 1.91. The molecule has 0 bridgehead atoms. The Hall–Kier alpha value is -1.25. The number of nitrogens with one attached hydrogen (secondary N) is 1. The van der Waals surface area contributed by atoms with Crippen LogP contribution >= 0.6 is 34.7 Å². The Morgan fingerprint density at radius 3 is 2.57 bits per heavy atom. The number of carbonyl (C=O) groups is 2. The van der Waals surface area contributed by atoms with Gasteiger partial charge >= 0.3 is 12.1 Å². The topological polar surface area (TPSA) is 88.0 Å². The lowest BCUT2D eigenvalue weighted by Gasteiger charge is -2.41. The molecule has 1 aliphatic carbocycles. The maximum absolute atomic E-state index is 12.4. The number of carbonyl (C=O) groups excluding carboxylic acids is 1. The van der Waals surface area contributed by atoms with E-state index in [1.54, 1.807) is 11.8 Å². The number of aromatic carboxylic acids is 1. The van der Waals surface area contributed by atoms with Gasteiger partial charge in [0.15, 0.2) is 0 Å². The summed E-state index contributed by atoms with van der Waals surface area (Å²) >= 11 is 9.22. The van der Waals surface area contributed by atoms with Gasteiger partial charge in [-0.2, -0.15) is 0 Å². The summed E-state index contributed by atoms with van der Waals surface area (Å²) in [5, 5.41) is 12.5. The Bertz CT molecular complexity index is 794. The maximum atomic E-state index is 12.4. The average molecular weight is 445 g/mol. The molecular formula is C19H25ClN2O4S2. The number of thiophene rings is 1. The van der Waals surface area contributed by atoms with Crippen LogP contribution in [-0.4, -0.2) is 39.1 Å². The average Bonchev–Trinajstić information content (AvgIpc) is 2.98. The summed E-state index contributed by atoms with van der Waals surface area (Å²) in [6.45, 7) is 5.46. The standard InChI is InChI=1S/C19H25ClN2O4S2/c1-18(2,3)26-17(25)22-16-19(7-5-4-6-8-19)27-10-12(21-16)14-11(20)9-13(28-14)15(23)24/h9,12H,4-8,10H2,1-3H3,(H,23,24)(H,21,22,25). The minimum Gasteiger partial charge on any atom is -0.477 e. The summed E-state index contributed by atoms with van der Waals surface area (Å²) in [4.78, 5) is 29.5. The van der Waals surface area contributed by atoms with Crippen LogP contribution in [0.2, 0.25) is 5.02 Å². The van der Waals surface area contributed by atoms with E-state index in [4.69, 9.17) is 21.3 Å². The van der Waals surface area contributed by atoms with Crippen molar-refractivity contribution in [1.82, 2.24) is 5.32 Å². The van der Waals surface area contributed by atoms with Gasteiger partial charge in [0.2, 0.25) is 0 Å². The van der Waals surface area contributed by atoms with Crippen LogP contribution in [0.25, 0.3) is 0 Å². The van der Waals surface area contributed by atoms with E-state index in [1.165, 1.54) is 12.5 Å². The van der Waals surface area contributed by atoms with Crippen LogP contribution in [0.15, 0.2) is 11.1 Å². The van der Waals surface area contributed by atoms with Gasteiger partial charge in [0.25, 0.3) is 0 Å². The first-order chi connectivity index (χ1) is 13.1. The quantitative estimate of drug-likeness (QED) is 0.627. The molecule has 1 aromatic rings. The van der Waals surface area contributed by atoms with Crippen molar-refractivity contribution in [3.63, 3.8) is 0 Å². The number of carboxylic acid groups (broad SMARTS) is 1. The lowest BCUT2D eigenvalue weighted by molar-refractivity contribution is 0.0559. The third-order valence-corrected chi connectivity index (χ3v) is 8.03. The van der Waals surface area contributed by atoms with Crippen molar-refractivity contribution >= 4 is 52.6 Å². The van der Waals surface area contributed by atoms with Crippen LogP contribution in [0.4, 0.5) is 4.79 Å². The Kier molecular flexibility index (Phi) is 6.32. The van der Waals surface area contributed by atoms with Crippen molar-refractivity contribution in [2.45, 2.75) is 69.3 Å². The first kappa shape index (κ1) is 21.5. The van der Waals surface area contributed by atoms with Crippen LogP contribution in [-0.2, 0) is 4.74 Å². The fourth-order valence-corrected chi connectivity index (χ4v) is 6.50. The summed E-state index contributed by atoms with van der Waals surface area (Å²) in [7, 11) is 0. The van der Waals surface area contributed by atoms with E-state index in [0.717, 1.165) is 41.9 Å². The summed E-state index contributed by atoms with van der Waals surface area (Å²) in [6.07, 6.45) is 4.77. The molecule has 0 aromatic carbocycles. The van der Waals surface area contributed by atoms with Gasteiger partial charge in [0, 0.05) is 10.6 Å². The van der Waals surface area contributed by atoms with Crippen molar-refractivity contribution in [2.75, 3.05) is 5.75 Å². The fraction of sp³-hybridized carbons (Fsp3) is 0.632. The molecule has 3 rings (SSSR count). The number of rotatable bonds is 2. The van der Waals surface area contributed by atoms with Crippen LogP contribution in [0, 0.1) is 0 Å². The number of ether oxygens (including phenoxy) is 1. The molecule has 1 atom stereocenters. The van der Waals surface area contributed by atoms with E-state index in [2.05, 4.69) is 5.32 Å². The number of aliphatic imine (C=N–C) groups is 1. The minimum absolute atomic E-state index is 0.194. The molecule has 9 heteroatoms. The SMILES string of the molecule is CC(C)(C)OC(=O)NC1=NC(c2sc(C(=O)O)cc2Cl)CSC12CCCCC2. The molecule has 1 spiro atoms. The minimum atomic E-state index is -0.999. The molecule has 1 aliphatic heterocycles. The van der Waals surface area contributed by atoms with Crippen molar-refractivity contribution in [3.05, 3.63) is 20.8 Å². The second-order valence-electron chi connectivity index (χ2n) is 8.11. The zero-order valence-corrected chi connectivity index (χ0v) is 18.6. The number of hydrogen-bond acceptors (Lipinski definition) is 6. The third-order valence-electron chi connectivity index (χ3n) is 4.74. The number of hydrogen-bond donors (Lipinski definition) is 2. The molecule has 6 nitrogen and oxygen atoms in total. The molecule has 1 saturated carbocycles. The number of carboxylic acids is 1. The zero-order chi connectivity index (χ0) is 20.5. The first-order valence-corrected chi connectivity index (χ1v) is 11.5. The predicted octanol–water partition coefficient (Wildman–Crippen LogP) is 5.51. The summed E-state index contributed by atoms with van der Waals surface area (Å²) in [5.74, 6) is 0.337. The van der Waals surface area contributed by atoms with Gasteiger partial charge in [0.1, 0.15) is 16.3 Å². The van der Waals surface area contributed by atoms with E-state index >= 15 is 0 Å². The van der Waals surface area contributed by atoms with Crippen molar-refractivity contribution in [1.29, 1.82) is 0 Å². The number of alkyl carbamates (subject to hydrolysis) is 1. The third kappa shape index (κ3) is 4.83. The molecule has 154 valence electrons. The van der Waals surface area contributed by atoms with Crippen molar-refractivity contribution in [2.24, 2.45) is 4.99 Å². The van der Waals surface area contributed by atoms with Crippen LogP contribution in [0.1, 0.15) is 73.5 Å². The largest absolute Gasteiger partial charge is 0.477 e. The van der Waals surface area contributed by atoms with Gasteiger partial charge in [-0.25, -0.2) is 9.59 Å². The Morgan fingerprint density at radius 1 is 1.32 bits per heavy atom. The van der Waals surface area contributed by atoms with E-state index in [1.807, 2.05) is 20.8 Å². The highest BCUT2D eigenvalue weighted by Gasteiger charge is 2.43. The van der Waals surface area contributed by atoms with Crippen LogP contribution < -0.4 is 5.32 Å². The van der Waals surface area contributed by atoms with Crippen molar-refractivity contribution in [3.8, 4) is 0 Å².